The maximum absolute atomic E-state index is 13.0. The quantitative estimate of drug-likeness (QED) is 0.893. The molecule has 3 rings (SSSR count). The van der Waals surface area contributed by atoms with Crippen LogP contribution >= 0.6 is 24.8 Å². The number of nitrogens with one attached hydrogen (secondary N) is 1. The minimum atomic E-state index is -0.301. The van der Waals surface area contributed by atoms with Crippen molar-refractivity contribution in [1.82, 2.24) is 19.8 Å². The summed E-state index contributed by atoms with van der Waals surface area (Å²) in [7, 11) is 0. The topological polar surface area (TPSA) is 50.2 Å². The number of nitrogens with zero attached hydrogens (tertiary/aromatic N) is 3. The summed E-state index contributed by atoms with van der Waals surface area (Å²) >= 11 is 0. The van der Waals surface area contributed by atoms with E-state index in [9.17, 15) is 9.18 Å². The van der Waals surface area contributed by atoms with Crippen LogP contribution in [-0.4, -0.2) is 46.5 Å². The van der Waals surface area contributed by atoms with E-state index in [0.29, 0.717) is 12.2 Å². The summed E-state index contributed by atoms with van der Waals surface area (Å²) in [6.07, 6.45) is 4.08. The summed E-state index contributed by atoms with van der Waals surface area (Å²) in [5, 5.41) is 3.27. The van der Waals surface area contributed by atoms with Crippen LogP contribution in [0, 0.1) is 5.82 Å². The van der Waals surface area contributed by atoms with Crippen molar-refractivity contribution < 1.29 is 9.18 Å². The number of imidazole rings is 1. The number of amides is 1. The molecule has 2 aromatic rings. The van der Waals surface area contributed by atoms with Crippen molar-refractivity contribution in [2.45, 2.75) is 6.42 Å². The highest BCUT2D eigenvalue weighted by molar-refractivity contribution is 5.93. The summed E-state index contributed by atoms with van der Waals surface area (Å²) < 4.78 is 14.7. The predicted octanol–water partition coefficient (Wildman–Crippen LogP) is 2.29. The molecule has 1 N–H and O–H groups in total. The monoisotopic (exact) mass is 360 g/mol. The van der Waals surface area contributed by atoms with Gasteiger partial charge in [-0.1, -0.05) is 0 Å². The standard InChI is InChI=1S/C15H17FN4O.2ClH/c16-12-2-4-13(5-3-12)20-11-18-10-14(20)15(21)19-8-1-6-17-7-9-19;;/h2-5,10-11,17H,1,6-9H2;2*1H. The van der Waals surface area contributed by atoms with E-state index < -0.39 is 0 Å². The molecule has 1 aliphatic rings. The Hall–Kier alpha value is -1.63. The van der Waals surface area contributed by atoms with Gasteiger partial charge in [-0.3, -0.25) is 9.36 Å². The minimum Gasteiger partial charge on any atom is -0.336 e. The van der Waals surface area contributed by atoms with Gasteiger partial charge in [-0.15, -0.1) is 24.8 Å². The van der Waals surface area contributed by atoms with E-state index in [2.05, 4.69) is 10.3 Å². The van der Waals surface area contributed by atoms with Gasteiger partial charge < -0.3 is 10.2 Å². The van der Waals surface area contributed by atoms with Gasteiger partial charge in [0.25, 0.3) is 5.91 Å². The molecule has 8 heteroatoms. The molecule has 1 fully saturated rings. The molecule has 23 heavy (non-hydrogen) atoms. The van der Waals surface area contributed by atoms with Crippen LogP contribution in [0.1, 0.15) is 16.9 Å². The first kappa shape index (κ1) is 19.4. The van der Waals surface area contributed by atoms with Crippen molar-refractivity contribution in [3.8, 4) is 5.69 Å². The van der Waals surface area contributed by atoms with Gasteiger partial charge in [0.1, 0.15) is 11.5 Å². The fourth-order valence-corrected chi connectivity index (χ4v) is 2.47. The Morgan fingerprint density at radius 2 is 1.87 bits per heavy atom. The lowest BCUT2D eigenvalue weighted by Crippen LogP contribution is -2.35. The van der Waals surface area contributed by atoms with Crippen LogP contribution in [0.5, 0.6) is 0 Å². The average molecular weight is 361 g/mol. The third-order valence-corrected chi connectivity index (χ3v) is 3.59. The molecule has 1 saturated heterocycles. The van der Waals surface area contributed by atoms with Crippen LogP contribution < -0.4 is 5.32 Å². The number of carbonyl (C=O) groups is 1. The normalized spacial score (nSPS) is 14.4. The maximum atomic E-state index is 13.0. The van der Waals surface area contributed by atoms with E-state index >= 15 is 0 Å². The lowest BCUT2D eigenvalue weighted by molar-refractivity contribution is 0.0758. The Labute approximate surface area is 146 Å². The molecule has 126 valence electrons. The zero-order valence-corrected chi connectivity index (χ0v) is 14.1. The zero-order valence-electron chi connectivity index (χ0n) is 12.4. The molecular formula is C15H19Cl2FN4O. The first-order valence-electron chi connectivity index (χ1n) is 7.04. The second kappa shape index (κ2) is 8.86. The Morgan fingerprint density at radius 1 is 1.13 bits per heavy atom. The van der Waals surface area contributed by atoms with Gasteiger partial charge in [0.2, 0.25) is 0 Å². The van der Waals surface area contributed by atoms with E-state index in [4.69, 9.17) is 0 Å². The van der Waals surface area contributed by atoms with Crippen molar-refractivity contribution in [3.05, 3.63) is 48.3 Å². The zero-order chi connectivity index (χ0) is 14.7. The Balaban J connectivity index is 0.00000132. The third kappa shape index (κ3) is 4.43. The van der Waals surface area contributed by atoms with Crippen molar-refractivity contribution in [2.75, 3.05) is 26.2 Å². The molecule has 5 nitrogen and oxygen atoms in total. The molecule has 0 aliphatic carbocycles. The highest BCUT2D eigenvalue weighted by Crippen LogP contribution is 2.14. The minimum absolute atomic E-state index is 0. The Kier molecular flexibility index (Phi) is 7.48. The average Bonchev–Trinajstić information content (AvgIpc) is 2.82. The summed E-state index contributed by atoms with van der Waals surface area (Å²) in [5.74, 6) is -0.342. The van der Waals surface area contributed by atoms with Crippen LogP contribution in [0.2, 0.25) is 0 Å². The van der Waals surface area contributed by atoms with Crippen molar-refractivity contribution in [3.63, 3.8) is 0 Å². The number of hydrogen-bond acceptors (Lipinski definition) is 3. The molecular weight excluding hydrogens is 342 g/mol. The van der Waals surface area contributed by atoms with Crippen molar-refractivity contribution >= 4 is 30.7 Å². The summed E-state index contributed by atoms with van der Waals surface area (Å²) in [4.78, 5) is 18.5. The third-order valence-electron chi connectivity index (χ3n) is 3.59. The summed E-state index contributed by atoms with van der Waals surface area (Å²) in [6, 6.07) is 6.02. The molecule has 0 atom stereocenters. The van der Waals surface area contributed by atoms with Gasteiger partial charge in [-0.05, 0) is 37.2 Å². The van der Waals surface area contributed by atoms with Gasteiger partial charge in [-0.25, -0.2) is 9.37 Å². The number of hydrogen-bond donors (Lipinski definition) is 1. The predicted molar refractivity (Wildman–Crippen MR) is 91.4 cm³/mol. The molecule has 0 radical (unpaired) electrons. The van der Waals surface area contributed by atoms with E-state index in [0.717, 1.165) is 31.7 Å². The smallest absolute Gasteiger partial charge is 0.272 e. The number of halogens is 3. The molecule has 1 aromatic carbocycles. The van der Waals surface area contributed by atoms with Gasteiger partial charge in [0, 0.05) is 25.3 Å². The summed E-state index contributed by atoms with van der Waals surface area (Å²) in [6.45, 7) is 3.16. The van der Waals surface area contributed by atoms with Crippen LogP contribution in [0.25, 0.3) is 5.69 Å². The van der Waals surface area contributed by atoms with Gasteiger partial charge in [-0.2, -0.15) is 0 Å². The number of aromatic nitrogens is 2. The molecule has 0 bridgehead atoms. The van der Waals surface area contributed by atoms with Gasteiger partial charge in [0.15, 0.2) is 0 Å². The van der Waals surface area contributed by atoms with E-state index in [1.165, 1.54) is 12.1 Å². The molecule has 2 heterocycles. The fourth-order valence-electron chi connectivity index (χ4n) is 2.47. The molecule has 0 saturated carbocycles. The lowest BCUT2D eigenvalue weighted by Gasteiger charge is -2.20. The molecule has 1 aliphatic heterocycles. The van der Waals surface area contributed by atoms with Crippen LogP contribution in [0.4, 0.5) is 4.39 Å². The second-order valence-corrected chi connectivity index (χ2v) is 5.02. The number of rotatable bonds is 2. The van der Waals surface area contributed by atoms with E-state index in [1.54, 1.807) is 29.2 Å². The number of carbonyl (C=O) groups excluding carboxylic acids is 1. The number of benzene rings is 1. The molecule has 1 amide bonds. The first-order chi connectivity index (χ1) is 10.3. The second-order valence-electron chi connectivity index (χ2n) is 5.02. The first-order valence-corrected chi connectivity index (χ1v) is 7.04. The SMILES string of the molecule is Cl.Cl.O=C(c1cncn1-c1ccc(F)cc1)N1CCCNCC1. The maximum Gasteiger partial charge on any atom is 0.272 e. The molecule has 0 spiro atoms. The van der Waals surface area contributed by atoms with Gasteiger partial charge in [0.05, 0.1) is 12.5 Å². The summed E-state index contributed by atoms with van der Waals surface area (Å²) in [5.41, 5.74) is 1.23. The largest absolute Gasteiger partial charge is 0.336 e. The Morgan fingerprint density at radius 3 is 2.61 bits per heavy atom. The van der Waals surface area contributed by atoms with Crippen LogP contribution in [-0.2, 0) is 0 Å². The van der Waals surface area contributed by atoms with Crippen LogP contribution in [0.15, 0.2) is 36.8 Å². The molecule has 1 aromatic heterocycles. The molecule has 0 unspecified atom stereocenters. The van der Waals surface area contributed by atoms with Crippen molar-refractivity contribution in [2.24, 2.45) is 0 Å². The van der Waals surface area contributed by atoms with Crippen LogP contribution in [0.3, 0.4) is 0 Å². The highest BCUT2D eigenvalue weighted by atomic mass is 35.5. The van der Waals surface area contributed by atoms with E-state index in [-0.39, 0.29) is 36.5 Å². The van der Waals surface area contributed by atoms with E-state index in [1.807, 2.05) is 4.90 Å². The fraction of sp³-hybridized carbons (Fsp3) is 0.333. The highest BCUT2D eigenvalue weighted by Gasteiger charge is 2.20. The van der Waals surface area contributed by atoms with Crippen molar-refractivity contribution in [1.29, 1.82) is 0 Å². The van der Waals surface area contributed by atoms with Gasteiger partial charge >= 0.3 is 0 Å². The lowest BCUT2D eigenvalue weighted by atomic mass is 10.3. The Bertz CT molecular complexity index is 625.